The zero-order chi connectivity index (χ0) is 22.6. The number of fused-ring (bicyclic) bond motifs is 1. The Morgan fingerprint density at radius 3 is 2.06 bits per heavy atom. The quantitative estimate of drug-likeness (QED) is 0.383. The number of carbonyl (C=O) groups is 1. The van der Waals surface area contributed by atoms with Gasteiger partial charge in [-0.2, -0.15) is 5.10 Å². The van der Waals surface area contributed by atoms with Crippen molar-refractivity contribution in [2.45, 2.75) is 71.1 Å². The van der Waals surface area contributed by atoms with E-state index in [1.165, 1.54) is 17.5 Å². The summed E-state index contributed by atoms with van der Waals surface area (Å²) in [4.78, 5) is 12.1. The molecule has 4 nitrogen and oxygen atoms in total. The molecule has 31 heavy (non-hydrogen) atoms. The highest BCUT2D eigenvalue weighted by Crippen LogP contribution is 2.46. The Balaban J connectivity index is 1.77. The molecule has 2 aromatic rings. The van der Waals surface area contributed by atoms with Gasteiger partial charge in [0.05, 0.1) is 11.3 Å². The van der Waals surface area contributed by atoms with Crippen LogP contribution in [0.3, 0.4) is 0 Å². The fourth-order valence-electron chi connectivity index (χ4n) is 5.04. The van der Waals surface area contributed by atoms with Crippen LogP contribution in [0.1, 0.15) is 86.8 Å². The van der Waals surface area contributed by atoms with E-state index in [1.807, 2.05) is 24.3 Å². The minimum atomic E-state index is -0.00616. The normalized spacial score (nSPS) is 20.2. The van der Waals surface area contributed by atoms with E-state index in [9.17, 15) is 9.90 Å². The van der Waals surface area contributed by atoms with Crippen LogP contribution in [0.5, 0.6) is 0 Å². The standard InChI is InChI=1S/C27H32N2O2/c1-16-14-20-21(27(4,5)13-12-26(20,2)3)15-19(16)25(29-28)18-8-6-17(7-9-18)24-22(30)10-11-23(24)31/h6-9,14-15,30H,10-13,28H2,1-5H3/b29-25+. The number of hydrazone groups is 1. The maximum Gasteiger partial charge on any atom is 0.167 e. The van der Waals surface area contributed by atoms with Crippen molar-refractivity contribution >= 4 is 17.1 Å². The third-order valence-electron chi connectivity index (χ3n) is 7.19. The minimum Gasteiger partial charge on any atom is -0.512 e. The minimum absolute atomic E-state index is 0.00616. The number of ketones is 1. The van der Waals surface area contributed by atoms with Gasteiger partial charge in [-0.05, 0) is 58.9 Å². The summed E-state index contributed by atoms with van der Waals surface area (Å²) in [5.41, 5.74) is 8.05. The Morgan fingerprint density at radius 1 is 0.968 bits per heavy atom. The molecule has 4 heteroatoms. The molecule has 0 saturated carbocycles. The number of allylic oxidation sites excluding steroid dienone is 2. The zero-order valence-electron chi connectivity index (χ0n) is 19.2. The lowest BCUT2D eigenvalue weighted by atomic mass is 9.62. The topological polar surface area (TPSA) is 75.7 Å². The zero-order valence-corrected chi connectivity index (χ0v) is 19.2. The Morgan fingerprint density at radius 2 is 1.55 bits per heavy atom. The van der Waals surface area contributed by atoms with Crippen molar-refractivity contribution in [1.29, 1.82) is 0 Å². The molecule has 0 aliphatic heterocycles. The number of hydrogen-bond donors (Lipinski definition) is 2. The second kappa shape index (κ2) is 7.37. The first-order valence-corrected chi connectivity index (χ1v) is 11.0. The summed E-state index contributed by atoms with van der Waals surface area (Å²) >= 11 is 0. The van der Waals surface area contributed by atoms with Crippen LogP contribution in [-0.4, -0.2) is 16.6 Å². The number of nitrogens with zero attached hydrogens (tertiary/aromatic N) is 1. The van der Waals surface area contributed by atoms with Crippen LogP contribution in [0.25, 0.3) is 5.57 Å². The molecule has 2 aliphatic carbocycles. The fraction of sp³-hybridized carbons (Fsp3) is 0.407. The van der Waals surface area contributed by atoms with Crippen molar-refractivity contribution in [1.82, 2.24) is 0 Å². The van der Waals surface area contributed by atoms with Gasteiger partial charge >= 0.3 is 0 Å². The van der Waals surface area contributed by atoms with Crippen molar-refractivity contribution in [3.05, 3.63) is 75.5 Å². The van der Waals surface area contributed by atoms with Crippen LogP contribution >= 0.6 is 0 Å². The van der Waals surface area contributed by atoms with Gasteiger partial charge in [0.25, 0.3) is 0 Å². The van der Waals surface area contributed by atoms with E-state index >= 15 is 0 Å². The van der Waals surface area contributed by atoms with Gasteiger partial charge in [-0.25, -0.2) is 0 Å². The summed E-state index contributed by atoms with van der Waals surface area (Å²) < 4.78 is 0. The van der Waals surface area contributed by atoms with Crippen LogP contribution in [0.2, 0.25) is 0 Å². The van der Waals surface area contributed by atoms with Gasteiger partial charge in [0.15, 0.2) is 5.78 Å². The predicted molar refractivity (Wildman–Crippen MR) is 127 cm³/mol. The van der Waals surface area contributed by atoms with E-state index in [4.69, 9.17) is 5.84 Å². The number of benzene rings is 2. The van der Waals surface area contributed by atoms with Gasteiger partial charge < -0.3 is 10.9 Å². The Kier molecular flexibility index (Phi) is 5.07. The number of carbonyl (C=O) groups excluding carboxylic acids is 1. The molecule has 162 valence electrons. The van der Waals surface area contributed by atoms with E-state index in [0.29, 0.717) is 18.4 Å². The average molecular weight is 417 g/mol. The molecule has 0 heterocycles. The van der Waals surface area contributed by atoms with Crippen LogP contribution in [0, 0.1) is 6.92 Å². The number of aryl methyl sites for hydroxylation is 1. The lowest BCUT2D eigenvalue weighted by molar-refractivity contribution is -0.113. The molecule has 0 aromatic heterocycles. The van der Waals surface area contributed by atoms with Gasteiger partial charge in [-0.15, -0.1) is 0 Å². The highest BCUT2D eigenvalue weighted by atomic mass is 16.3. The molecule has 0 unspecified atom stereocenters. The maximum absolute atomic E-state index is 12.1. The lowest BCUT2D eigenvalue weighted by Gasteiger charge is -2.42. The Bertz CT molecular complexity index is 1120. The second-order valence-corrected chi connectivity index (χ2v) is 10.3. The highest BCUT2D eigenvalue weighted by molar-refractivity contribution is 6.23. The molecule has 0 atom stereocenters. The molecule has 4 rings (SSSR count). The number of rotatable bonds is 3. The largest absolute Gasteiger partial charge is 0.512 e. The van der Waals surface area contributed by atoms with Crippen molar-refractivity contribution in [3.63, 3.8) is 0 Å². The number of Topliss-reactive ketones (excluding diaryl/α,β-unsaturated/α-hetero) is 1. The summed E-state index contributed by atoms with van der Waals surface area (Å²) in [6.45, 7) is 11.4. The molecule has 2 aromatic carbocycles. The lowest BCUT2D eigenvalue weighted by Crippen LogP contribution is -2.34. The van der Waals surface area contributed by atoms with Crippen LogP contribution < -0.4 is 5.84 Å². The van der Waals surface area contributed by atoms with Crippen molar-refractivity contribution in [3.8, 4) is 0 Å². The van der Waals surface area contributed by atoms with E-state index in [0.717, 1.165) is 34.4 Å². The molecule has 0 spiro atoms. The fourth-order valence-corrected chi connectivity index (χ4v) is 5.04. The Hall–Kier alpha value is -2.88. The van der Waals surface area contributed by atoms with E-state index < -0.39 is 0 Å². The molecule has 3 N–H and O–H groups in total. The molecule has 0 radical (unpaired) electrons. The SMILES string of the molecule is Cc1cc2c(cc1/C(=N/N)c1ccc(C3=C(O)CCC3=O)cc1)C(C)(C)CCC2(C)C. The summed E-state index contributed by atoms with van der Waals surface area (Å²) in [5.74, 6) is 6.07. The monoisotopic (exact) mass is 416 g/mol. The molecule has 0 fully saturated rings. The van der Waals surface area contributed by atoms with Gasteiger partial charge in [-0.1, -0.05) is 58.0 Å². The van der Waals surface area contributed by atoms with Gasteiger partial charge in [0.1, 0.15) is 5.76 Å². The first-order chi connectivity index (χ1) is 14.5. The molecule has 2 aliphatic rings. The second-order valence-electron chi connectivity index (χ2n) is 10.3. The van der Waals surface area contributed by atoms with Crippen molar-refractivity contribution in [2.24, 2.45) is 10.9 Å². The summed E-state index contributed by atoms with van der Waals surface area (Å²) in [6.07, 6.45) is 3.11. The number of aliphatic hydroxyl groups is 1. The summed E-state index contributed by atoms with van der Waals surface area (Å²) in [6, 6.07) is 12.2. The number of hydrogen-bond acceptors (Lipinski definition) is 4. The highest BCUT2D eigenvalue weighted by Gasteiger charge is 2.37. The third kappa shape index (κ3) is 3.58. The number of aliphatic hydroxyl groups excluding tert-OH is 1. The van der Waals surface area contributed by atoms with Crippen LogP contribution in [-0.2, 0) is 15.6 Å². The molecule has 0 bridgehead atoms. The summed E-state index contributed by atoms with van der Waals surface area (Å²) in [5, 5.41) is 14.2. The smallest absolute Gasteiger partial charge is 0.167 e. The maximum atomic E-state index is 12.1. The Labute approximate surface area is 184 Å². The molecular formula is C27H32N2O2. The van der Waals surface area contributed by atoms with Crippen LogP contribution in [0.15, 0.2) is 47.3 Å². The summed E-state index contributed by atoms with van der Waals surface area (Å²) in [7, 11) is 0. The molecular weight excluding hydrogens is 384 g/mol. The average Bonchev–Trinajstić information content (AvgIpc) is 3.06. The first-order valence-electron chi connectivity index (χ1n) is 11.0. The predicted octanol–water partition coefficient (Wildman–Crippen LogP) is 5.69. The van der Waals surface area contributed by atoms with E-state index in [-0.39, 0.29) is 22.4 Å². The van der Waals surface area contributed by atoms with Crippen molar-refractivity contribution < 1.29 is 9.90 Å². The van der Waals surface area contributed by atoms with E-state index in [2.05, 4.69) is 51.9 Å². The van der Waals surface area contributed by atoms with E-state index in [1.54, 1.807) is 0 Å². The van der Waals surface area contributed by atoms with Crippen molar-refractivity contribution in [2.75, 3.05) is 0 Å². The number of nitrogens with two attached hydrogens (primary N) is 1. The van der Waals surface area contributed by atoms with Gasteiger partial charge in [-0.3, -0.25) is 4.79 Å². The third-order valence-corrected chi connectivity index (χ3v) is 7.19. The molecule has 0 amide bonds. The van der Waals surface area contributed by atoms with Crippen LogP contribution in [0.4, 0.5) is 0 Å². The van der Waals surface area contributed by atoms with Gasteiger partial charge in [0, 0.05) is 24.0 Å². The first kappa shape index (κ1) is 21.4. The molecule has 0 saturated heterocycles. The van der Waals surface area contributed by atoms with Gasteiger partial charge in [0.2, 0.25) is 0 Å².